The van der Waals surface area contributed by atoms with E-state index in [9.17, 15) is 4.79 Å². The molecule has 3 N–H and O–H groups in total. The van der Waals surface area contributed by atoms with Crippen molar-refractivity contribution in [2.75, 3.05) is 0 Å². The molecule has 20 heavy (non-hydrogen) atoms. The molecule has 0 heterocycles. The first-order chi connectivity index (χ1) is 9.63. The molecule has 0 radical (unpaired) electrons. The van der Waals surface area contributed by atoms with Gasteiger partial charge in [-0.15, -0.1) is 0 Å². The second-order valence-corrected chi connectivity index (χ2v) is 6.00. The van der Waals surface area contributed by atoms with E-state index >= 15 is 0 Å². The van der Waals surface area contributed by atoms with Crippen LogP contribution < -0.4 is 11.1 Å². The third-order valence-corrected chi connectivity index (χ3v) is 4.34. The highest BCUT2D eigenvalue weighted by Crippen LogP contribution is 2.28. The fraction of sp³-hybridized carbons (Fsp3) is 0.588. The second-order valence-electron chi connectivity index (χ2n) is 6.00. The number of benzene rings is 1. The lowest BCUT2D eigenvalue weighted by atomic mass is 9.80. The molecule has 0 saturated heterocycles. The SMILES string of the molecule is CCc1ccccc1CNC(=O)CC1(N)CCCCC1. The van der Waals surface area contributed by atoms with Crippen LogP contribution in [-0.2, 0) is 17.8 Å². The standard InChI is InChI=1S/C17H26N2O/c1-2-14-8-4-5-9-15(14)13-19-16(20)12-17(18)10-6-3-7-11-17/h4-5,8-9H,2-3,6-7,10-13,18H2,1H3,(H,19,20). The topological polar surface area (TPSA) is 55.1 Å². The number of aryl methyl sites for hydroxylation is 1. The molecule has 3 heteroatoms. The smallest absolute Gasteiger partial charge is 0.222 e. The minimum absolute atomic E-state index is 0.0836. The van der Waals surface area contributed by atoms with Gasteiger partial charge < -0.3 is 11.1 Å². The molecule has 3 nitrogen and oxygen atoms in total. The number of rotatable bonds is 5. The van der Waals surface area contributed by atoms with Gasteiger partial charge in [0.1, 0.15) is 0 Å². The summed E-state index contributed by atoms with van der Waals surface area (Å²) in [6.07, 6.45) is 6.97. The van der Waals surface area contributed by atoms with Crippen molar-refractivity contribution in [1.29, 1.82) is 0 Å². The fourth-order valence-corrected chi connectivity index (χ4v) is 3.08. The van der Waals surface area contributed by atoms with Gasteiger partial charge in [0.05, 0.1) is 0 Å². The van der Waals surface area contributed by atoms with Crippen molar-refractivity contribution >= 4 is 5.91 Å². The van der Waals surface area contributed by atoms with Crippen LogP contribution in [0.1, 0.15) is 56.6 Å². The number of carbonyl (C=O) groups excluding carboxylic acids is 1. The molecular formula is C17H26N2O. The highest BCUT2D eigenvalue weighted by atomic mass is 16.1. The average Bonchev–Trinajstić information content (AvgIpc) is 2.45. The van der Waals surface area contributed by atoms with E-state index in [1.807, 2.05) is 12.1 Å². The van der Waals surface area contributed by atoms with Crippen LogP contribution in [0.5, 0.6) is 0 Å². The molecular weight excluding hydrogens is 248 g/mol. The first kappa shape index (κ1) is 15.0. The summed E-state index contributed by atoms with van der Waals surface area (Å²) in [5, 5.41) is 3.03. The van der Waals surface area contributed by atoms with E-state index in [1.165, 1.54) is 17.5 Å². The van der Waals surface area contributed by atoms with Gasteiger partial charge in [-0.25, -0.2) is 0 Å². The van der Waals surface area contributed by atoms with Crippen LogP contribution in [0.15, 0.2) is 24.3 Å². The van der Waals surface area contributed by atoms with Crippen molar-refractivity contribution in [3.05, 3.63) is 35.4 Å². The third kappa shape index (κ3) is 4.07. The molecule has 1 amide bonds. The van der Waals surface area contributed by atoms with Crippen molar-refractivity contribution in [3.8, 4) is 0 Å². The molecule has 0 aliphatic heterocycles. The molecule has 1 saturated carbocycles. The van der Waals surface area contributed by atoms with Crippen LogP contribution in [0.2, 0.25) is 0 Å². The highest BCUT2D eigenvalue weighted by molar-refractivity contribution is 5.77. The summed E-state index contributed by atoms with van der Waals surface area (Å²) >= 11 is 0. The summed E-state index contributed by atoms with van der Waals surface area (Å²) in [5.41, 5.74) is 8.56. The van der Waals surface area contributed by atoms with Crippen molar-refractivity contribution in [1.82, 2.24) is 5.32 Å². The maximum Gasteiger partial charge on any atom is 0.222 e. The lowest BCUT2D eigenvalue weighted by molar-refractivity contribution is -0.122. The number of hydrogen-bond acceptors (Lipinski definition) is 2. The molecule has 0 atom stereocenters. The van der Waals surface area contributed by atoms with Crippen LogP contribution in [-0.4, -0.2) is 11.4 Å². The molecule has 2 rings (SSSR count). The van der Waals surface area contributed by atoms with Crippen molar-refractivity contribution in [3.63, 3.8) is 0 Å². The van der Waals surface area contributed by atoms with Gasteiger partial charge >= 0.3 is 0 Å². The van der Waals surface area contributed by atoms with Crippen LogP contribution in [0.4, 0.5) is 0 Å². The second kappa shape index (κ2) is 6.89. The molecule has 110 valence electrons. The normalized spacial score (nSPS) is 17.7. The zero-order valence-corrected chi connectivity index (χ0v) is 12.5. The van der Waals surface area contributed by atoms with Gasteiger partial charge in [-0.05, 0) is 30.4 Å². The van der Waals surface area contributed by atoms with Gasteiger partial charge in [0.2, 0.25) is 5.91 Å². The first-order valence-electron chi connectivity index (χ1n) is 7.75. The van der Waals surface area contributed by atoms with E-state index in [-0.39, 0.29) is 11.4 Å². The summed E-state index contributed by atoms with van der Waals surface area (Å²) < 4.78 is 0. The van der Waals surface area contributed by atoms with E-state index in [0.29, 0.717) is 13.0 Å². The molecule has 1 aliphatic rings. The van der Waals surface area contributed by atoms with Gasteiger partial charge in [0, 0.05) is 18.5 Å². The summed E-state index contributed by atoms with van der Waals surface area (Å²) in [4.78, 5) is 12.1. The molecule has 1 aromatic carbocycles. The maximum atomic E-state index is 12.1. The Labute approximate surface area is 121 Å². The maximum absolute atomic E-state index is 12.1. The average molecular weight is 274 g/mol. The van der Waals surface area contributed by atoms with Crippen LogP contribution in [0.3, 0.4) is 0 Å². The van der Waals surface area contributed by atoms with Crippen LogP contribution in [0, 0.1) is 0 Å². The Morgan fingerprint density at radius 1 is 1.20 bits per heavy atom. The summed E-state index contributed by atoms with van der Waals surface area (Å²) in [6.45, 7) is 2.75. The number of nitrogens with one attached hydrogen (secondary N) is 1. The van der Waals surface area contributed by atoms with Gasteiger partial charge in [-0.1, -0.05) is 50.5 Å². The summed E-state index contributed by atoms with van der Waals surface area (Å²) in [7, 11) is 0. The van der Waals surface area contributed by atoms with Gasteiger partial charge in [0.25, 0.3) is 0 Å². The Bertz CT molecular complexity index is 450. The van der Waals surface area contributed by atoms with Crippen LogP contribution >= 0.6 is 0 Å². The summed E-state index contributed by atoms with van der Waals surface area (Å²) in [5.74, 6) is 0.0836. The lowest BCUT2D eigenvalue weighted by Crippen LogP contribution is -2.45. The molecule has 1 aromatic rings. The van der Waals surface area contributed by atoms with Gasteiger partial charge in [-0.3, -0.25) is 4.79 Å². The number of amides is 1. The number of hydrogen-bond donors (Lipinski definition) is 2. The van der Waals surface area contributed by atoms with E-state index < -0.39 is 0 Å². The Balaban J connectivity index is 1.85. The van der Waals surface area contributed by atoms with Crippen molar-refractivity contribution in [2.45, 2.75) is 64.0 Å². The third-order valence-electron chi connectivity index (χ3n) is 4.34. The minimum atomic E-state index is -0.271. The molecule has 1 fully saturated rings. The Hall–Kier alpha value is -1.35. The monoisotopic (exact) mass is 274 g/mol. The van der Waals surface area contributed by atoms with Crippen molar-refractivity contribution < 1.29 is 4.79 Å². The zero-order chi connectivity index (χ0) is 14.4. The molecule has 0 bridgehead atoms. The quantitative estimate of drug-likeness (QED) is 0.867. The predicted molar refractivity (Wildman–Crippen MR) is 82.3 cm³/mol. The molecule has 0 aromatic heterocycles. The molecule has 1 aliphatic carbocycles. The molecule has 0 unspecified atom stereocenters. The minimum Gasteiger partial charge on any atom is -0.352 e. The Kier molecular flexibility index (Phi) is 5.18. The molecule has 0 spiro atoms. The number of carbonyl (C=O) groups is 1. The summed E-state index contributed by atoms with van der Waals surface area (Å²) in [6, 6.07) is 8.26. The fourth-order valence-electron chi connectivity index (χ4n) is 3.08. The Morgan fingerprint density at radius 2 is 1.85 bits per heavy atom. The zero-order valence-electron chi connectivity index (χ0n) is 12.5. The lowest BCUT2D eigenvalue weighted by Gasteiger charge is -2.32. The Morgan fingerprint density at radius 3 is 2.50 bits per heavy atom. The van der Waals surface area contributed by atoms with Crippen LogP contribution in [0.25, 0.3) is 0 Å². The van der Waals surface area contributed by atoms with E-state index in [1.54, 1.807) is 0 Å². The van der Waals surface area contributed by atoms with Gasteiger partial charge in [-0.2, -0.15) is 0 Å². The predicted octanol–water partition coefficient (Wildman–Crippen LogP) is 2.92. The van der Waals surface area contributed by atoms with E-state index in [4.69, 9.17) is 5.73 Å². The van der Waals surface area contributed by atoms with Crippen molar-refractivity contribution in [2.24, 2.45) is 5.73 Å². The first-order valence-corrected chi connectivity index (χ1v) is 7.75. The van der Waals surface area contributed by atoms with E-state index in [2.05, 4.69) is 24.4 Å². The highest BCUT2D eigenvalue weighted by Gasteiger charge is 2.29. The van der Waals surface area contributed by atoms with Gasteiger partial charge in [0.15, 0.2) is 0 Å². The van der Waals surface area contributed by atoms with E-state index in [0.717, 1.165) is 32.1 Å². The largest absolute Gasteiger partial charge is 0.352 e. The number of nitrogens with two attached hydrogens (primary N) is 1.